The number of nitrogens with zero attached hydrogens (tertiary/aromatic N) is 1. The number of hydrogen-bond acceptors (Lipinski definition) is 6. The van der Waals surface area contributed by atoms with Crippen LogP contribution in [0.1, 0.15) is 40.2 Å². The van der Waals surface area contributed by atoms with Crippen molar-refractivity contribution in [2.75, 3.05) is 0 Å². The SMILES string of the molecule is O=C1CC(c2ccc(C[C@H](NS(=O)(=O)c3cc(C(F)(F)F)ccc3F)c3nc4ccccc4[nH]3)cc2)S(=O)(=O)N1. The molecule has 1 fully saturated rings. The Bertz CT molecular complexity index is 1790. The number of carbonyl (C=O) groups excluding carboxylic acids is 1. The highest BCUT2D eigenvalue weighted by Crippen LogP contribution is 2.33. The van der Waals surface area contributed by atoms with Gasteiger partial charge in [-0.05, 0) is 47.9 Å². The molecule has 0 spiro atoms. The van der Waals surface area contributed by atoms with Crippen LogP contribution in [-0.2, 0) is 37.4 Å². The highest BCUT2D eigenvalue weighted by molar-refractivity contribution is 7.90. The molecule has 3 N–H and O–H groups in total. The van der Waals surface area contributed by atoms with Gasteiger partial charge in [0.2, 0.25) is 26.0 Å². The van der Waals surface area contributed by atoms with E-state index in [1.807, 2.05) is 4.72 Å². The molecule has 40 heavy (non-hydrogen) atoms. The Balaban J connectivity index is 1.49. The lowest BCUT2D eigenvalue weighted by Gasteiger charge is -2.19. The van der Waals surface area contributed by atoms with E-state index in [9.17, 15) is 39.2 Å². The van der Waals surface area contributed by atoms with Crippen LogP contribution in [0.5, 0.6) is 0 Å². The Labute approximate surface area is 225 Å². The molecule has 2 heterocycles. The molecular formula is C25H20F4N4O5S2. The normalized spacial score (nSPS) is 18.1. The molecule has 2 atom stereocenters. The molecule has 0 radical (unpaired) electrons. The monoisotopic (exact) mass is 596 g/mol. The Morgan fingerprint density at radius 1 is 1.05 bits per heavy atom. The number of rotatable bonds is 7. The number of aromatic nitrogens is 2. The van der Waals surface area contributed by atoms with Crippen LogP contribution in [0.4, 0.5) is 17.6 Å². The second-order valence-electron chi connectivity index (χ2n) is 9.16. The minimum Gasteiger partial charge on any atom is -0.341 e. The fraction of sp³-hybridized carbons (Fsp3) is 0.200. The van der Waals surface area contributed by atoms with Gasteiger partial charge in [0.25, 0.3) is 0 Å². The van der Waals surface area contributed by atoms with Gasteiger partial charge < -0.3 is 4.98 Å². The third-order valence-electron chi connectivity index (χ3n) is 6.38. The van der Waals surface area contributed by atoms with Crippen molar-refractivity contribution in [3.05, 3.63) is 95.1 Å². The summed E-state index contributed by atoms with van der Waals surface area (Å²) in [6.07, 6.45) is -5.23. The number of alkyl halides is 3. The summed E-state index contributed by atoms with van der Waals surface area (Å²) in [5.41, 5.74) is 0.557. The number of imidazole rings is 1. The van der Waals surface area contributed by atoms with Gasteiger partial charge in [0, 0.05) is 0 Å². The second-order valence-corrected chi connectivity index (χ2v) is 12.7. The van der Waals surface area contributed by atoms with E-state index in [0.717, 1.165) is 0 Å². The third-order valence-corrected chi connectivity index (χ3v) is 9.56. The zero-order valence-corrected chi connectivity index (χ0v) is 21.9. The molecule has 0 aliphatic carbocycles. The van der Waals surface area contributed by atoms with E-state index in [2.05, 4.69) is 14.7 Å². The summed E-state index contributed by atoms with van der Waals surface area (Å²) >= 11 is 0. The molecule has 0 bridgehead atoms. The standard InChI is InChI=1S/C25H20F4N4O5S2/c26-17-10-9-16(25(27,28)29)12-22(17)40(37,38)32-20(24-30-18-3-1-2-4-19(18)31-24)11-14-5-7-15(8-6-14)21-13-23(34)33-39(21,35)36/h1-10,12,20-21,32H,11,13H2,(H,30,31)(H,33,34)/t20-,21?/m0/s1. The topological polar surface area (TPSA) is 138 Å². The van der Waals surface area contributed by atoms with Crippen molar-refractivity contribution in [1.29, 1.82) is 0 Å². The number of sulfonamides is 2. The Kier molecular flexibility index (Phi) is 6.92. The maximum atomic E-state index is 14.5. The van der Waals surface area contributed by atoms with Crippen LogP contribution in [0, 0.1) is 5.82 Å². The minimum atomic E-state index is -4.90. The molecule has 1 amide bonds. The number of benzene rings is 3. The number of nitrogens with one attached hydrogen (secondary N) is 3. The van der Waals surface area contributed by atoms with Gasteiger partial charge in [-0.1, -0.05) is 36.4 Å². The van der Waals surface area contributed by atoms with Crippen molar-refractivity contribution in [1.82, 2.24) is 19.4 Å². The number of fused-ring (bicyclic) bond motifs is 1. The number of H-pyrrole nitrogens is 1. The number of hydrogen-bond donors (Lipinski definition) is 3. The van der Waals surface area contributed by atoms with Gasteiger partial charge in [0.1, 0.15) is 21.8 Å². The number of amides is 1. The van der Waals surface area contributed by atoms with E-state index in [-0.39, 0.29) is 24.7 Å². The first-order valence-electron chi connectivity index (χ1n) is 11.7. The number of aromatic amines is 1. The van der Waals surface area contributed by atoms with Crippen LogP contribution in [-0.4, -0.2) is 32.7 Å². The Morgan fingerprint density at radius 2 is 1.75 bits per heavy atom. The number of halogens is 4. The van der Waals surface area contributed by atoms with E-state index in [4.69, 9.17) is 0 Å². The van der Waals surface area contributed by atoms with Gasteiger partial charge in [-0.15, -0.1) is 0 Å². The van der Waals surface area contributed by atoms with Crippen molar-refractivity contribution in [2.24, 2.45) is 0 Å². The number of carbonyl (C=O) groups is 1. The molecular weight excluding hydrogens is 576 g/mol. The Hall–Kier alpha value is -3.82. The van der Waals surface area contributed by atoms with Crippen molar-refractivity contribution in [3.63, 3.8) is 0 Å². The average Bonchev–Trinajstić information content (AvgIpc) is 3.42. The summed E-state index contributed by atoms with van der Waals surface area (Å²) < 4.78 is 109. The fourth-order valence-corrected chi connectivity index (χ4v) is 7.15. The van der Waals surface area contributed by atoms with Crippen molar-refractivity contribution < 1.29 is 39.2 Å². The molecule has 1 aliphatic heterocycles. The van der Waals surface area contributed by atoms with Crippen molar-refractivity contribution >= 4 is 37.0 Å². The molecule has 210 valence electrons. The number of para-hydroxylation sites is 2. The molecule has 1 aliphatic rings. The van der Waals surface area contributed by atoms with E-state index < -0.39 is 59.7 Å². The third kappa shape index (κ3) is 5.57. The lowest BCUT2D eigenvalue weighted by Crippen LogP contribution is -2.31. The van der Waals surface area contributed by atoms with Crippen LogP contribution in [0.3, 0.4) is 0 Å². The molecule has 15 heteroatoms. The van der Waals surface area contributed by atoms with E-state index in [1.165, 1.54) is 24.3 Å². The zero-order chi connectivity index (χ0) is 28.9. The van der Waals surface area contributed by atoms with Crippen LogP contribution >= 0.6 is 0 Å². The van der Waals surface area contributed by atoms with Crippen LogP contribution in [0.15, 0.2) is 71.6 Å². The maximum absolute atomic E-state index is 14.5. The van der Waals surface area contributed by atoms with Gasteiger partial charge in [-0.2, -0.15) is 13.2 Å². The highest BCUT2D eigenvalue weighted by atomic mass is 32.2. The van der Waals surface area contributed by atoms with E-state index in [1.54, 1.807) is 24.3 Å². The van der Waals surface area contributed by atoms with Crippen LogP contribution in [0.2, 0.25) is 0 Å². The summed E-state index contributed by atoms with van der Waals surface area (Å²) in [5.74, 6) is -1.88. The quantitative estimate of drug-likeness (QED) is 0.277. The molecule has 4 aromatic rings. The fourth-order valence-electron chi connectivity index (χ4n) is 4.42. The molecule has 1 unspecified atom stereocenters. The first kappa shape index (κ1) is 27.7. The molecule has 1 saturated heterocycles. The van der Waals surface area contributed by atoms with Gasteiger partial charge in [0.05, 0.1) is 29.1 Å². The molecule has 0 saturated carbocycles. The predicted molar refractivity (Wildman–Crippen MR) is 135 cm³/mol. The van der Waals surface area contributed by atoms with Gasteiger partial charge in [-0.25, -0.2) is 30.9 Å². The van der Waals surface area contributed by atoms with E-state index >= 15 is 0 Å². The van der Waals surface area contributed by atoms with Crippen LogP contribution in [0.25, 0.3) is 11.0 Å². The van der Waals surface area contributed by atoms with Gasteiger partial charge in [-0.3, -0.25) is 9.52 Å². The molecule has 9 nitrogen and oxygen atoms in total. The summed E-state index contributed by atoms with van der Waals surface area (Å²) in [5, 5.41) is -1.08. The van der Waals surface area contributed by atoms with E-state index in [0.29, 0.717) is 34.3 Å². The highest BCUT2D eigenvalue weighted by Gasteiger charge is 2.38. The summed E-state index contributed by atoms with van der Waals surface area (Å²) in [4.78, 5) is 17.8. The lowest BCUT2D eigenvalue weighted by atomic mass is 10.0. The molecule has 5 rings (SSSR count). The summed E-state index contributed by atoms with van der Waals surface area (Å²) in [6.45, 7) is 0. The Morgan fingerprint density at radius 3 is 2.38 bits per heavy atom. The second kappa shape index (κ2) is 9.98. The first-order valence-corrected chi connectivity index (χ1v) is 14.7. The summed E-state index contributed by atoms with van der Waals surface area (Å²) in [7, 11) is -8.71. The van der Waals surface area contributed by atoms with Gasteiger partial charge in [0.15, 0.2) is 0 Å². The van der Waals surface area contributed by atoms with Crippen molar-refractivity contribution in [2.45, 2.75) is 35.2 Å². The van der Waals surface area contributed by atoms with Crippen molar-refractivity contribution in [3.8, 4) is 0 Å². The lowest BCUT2D eigenvalue weighted by molar-refractivity contribution is -0.137. The summed E-state index contributed by atoms with van der Waals surface area (Å²) in [6, 6.07) is 12.7. The first-order chi connectivity index (χ1) is 18.7. The molecule has 1 aromatic heterocycles. The van der Waals surface area contributed by atoms with Gasteiger partial charge >= 0.3 is 6.18 Å². The van der Waals surface area contributed by atoms with Crippen LogP contribution < -0.4 is 9.44 Å². The zero-order valence-electron chi connectivity index (χ0n) is 20.2. The molecule has 3 aromatic carbocycles. The minimum absolute atomic E-state index is 0.0888. The largest absolute Gasteiger partial charge is 0.416 e. The maximum Gasteiger partial charge on any atom is 0.416 e. The average molecular weight is 597 g/mol. The predicted octanol–water partition coefficient (Wildman–Crippen LogP) is 3.87. The smallest absolute Gasteiger partial charge is 0.341 e.